The Kier molecular flexibility index (Phi) is 4.61. The van der Waals surface area contributed by atoms with Gasteiger partial charge < -0.3 is 5.32 Å². The maximum atomic E-state index is 5.98. The van der Waals surface area contributed by atoms with Crippen LogP contribution >= 0.6 is 23.2 Å². The van der Waals surface area contributed by atoms with Crippen LogP contribution in [0.5, 0.6) is 0 Å². The van der Waals surface area contributed by atoms with Gasteiger partial charge in [-0.2, -0.15) is 0 Å². The van der Waals surface area contributed by atoms with Crippen LogP contribution < -0.4 is 5.32 Å². The van der Waals surface area contributed by atoms with E-state index in [1.807, 2.05) is 0 Å². The molecule has 0 aliphatic rings. The van der Waals surface area contributed by atoms with Gasteiger partial charge in [-0.15, -0.1) is 11.6 Å². The van der Waals surface area contributed by atoms with Crippen LogP contribution in [0, 0.1) is 0 Å². The third-order valence-corrected chi connectivity index (χ3v) is 3.45. The third-order valence-electron chi connectivity index (χ3n) is 2.66. The van der Waals surface area contributed by atoms with Gasteiger partial charge in [0.25, 0.3) is 0 Å². The van der Waals surface area contributed by atoms with E-state index in [-0.39, 0.29) is 5.54 Å². The van der Waals surface area contributed by atoms with Crippen LogP contribution in [0.4, 0.5) is 5.82 Å². The first kappa shape index (κ1) is 12.5. The Morgan fingerprint density at radius 3 is 2.53 bits per heavy atom. The van der Waals surface area contributed by atoms with Crippen molar-refractivity contribution in [3.05, 3.63) is 17.5 Å². The van der Waals surface area contributed by atoms with Gasteiger partial charge in [0.05, 0.1) is 11.7 Å². The van der Waals surface area contributed by atoms with Crippen LogP contribution in [0.2, 0.25) is 5.02 Å². The maximum Gasteiger partial charge on any atom is 0.148 e. The summed E-state index contributed by atoms with van der Waals surface area (Å²) in [4.78, 5) is 7.93. The smallest absolute Gasteiger partial charge is 0.148 e. The monoisotopic (exact) mass is 247 g/mol. The van der Waals surface area contributed by atoms with Crippen molar-refractivity contribution < 1.29 is 0 Å². The molecule has 0 aliphatic heterocycles. The Hall–Kier alpha value is -0.540. The Morgan fingerprint density at radius 2 is 2.07 bits per heavy atom. The van der Waals surface area contributed by atoms with E-state index in [0.717, 1.165) is 12.8 Å². The van der Waals surface area contributed by atoms with E-state index < -0.39 is 0 Å². The van der Waals surface area contributed by atoms with Crippen molar-refractivity contribution in [2.75, 3.05) is 11.2 Å². The lowest BCUT2D eigenvalue weighted by molar-refractivity contribution is 0.482. The van der Waals surface area contributed by atoms with Gasteiger partial charge in [-0.1, -0.05) is 25.4 Å². The van der Waals surface area contributed by atoms with Gasteiger partial charge in [0.15, 0.2) is 0 Å². The number of alkyl halides is 1. The van der Waals surface area contributed by atoms with Crippen LogP contribution in [0.1, 0.15) is 26.7 Å². The SMILES string of the molecule is CCC(CC)(CCl)Nc1ncncc1Cl. The highest BCUT2D eigenvalue weighted by atomic mass is 35.5. The number of hydrogen-bond acceptors (Lipinski definition) is 3. The molecular weight excluding hydrogens is 233 g/mol. The Balaban J connectivity index is 2.88. The third kappa shape index (κ3) is 2.95. The molecule has 0 aromatic carbocycles. The molecule has 0 aliphatic carbocycles. The van der Waals surface area contributed by atoms with Crippen LogP contribution in [0.15, 0.2) is 12.5 Å². The molecular formula is C10H15Cl2N3. The zero-order chi connectivity index (χ0) is 11.3. The molecule has 0 saturated carbocycles. The van der Waals surface area contributed by atoms with E-state index in [1.165, 1.54) is 6.33 Å². The number of aromatic nitrogens is 2. The summed E-state index contributed by atoms with van der Waals surface area (Å²) < 4.78 is 0. The number of hydrogen-bond donors (Lipinski definition) is 1. The van der Waals surface area contributed by atoms with Gasteiger partial charge in [0, 0.05) is 5.88 Å². The van der Waals surface area contributed by atoms with Gasteiger partial charge >= 0.3 is 0 Å². The normalized spacial score (nSPS) is 11.5. The van der Waals surface area contributed by atoms with Crippen molar-refractivity contribution in [2.45, 2.75) is 32.2 Å². The van der Waals surface area contributed by atoms with Gasteiger partial charge in [0.1, 0.15) is 17.2 Å². The lowest BCUT2D eigenvalue weighted by Gasteiger charge is -2.31. The van der Waals surface area contributed by atoms with Gasteiger partial charge in [0.2, 0.25) is 0 Å². The van der Waals surface area contributed by atoms with E-state index in [0.29, 0.717) is 16.7 Å². The van der Waals surface area contributed by atoms with E-state index in [1.54, 1.807) is 6.20 Å². The molecule has 15 heavy (non-hydrogen) atoms. The molecule has 0 fully saturated rings. The van der Waals surface area contributed by atoms with Crippen molar-refractivity contribution in [3.8, 4) is 0 Å². The first-order valence-corrected chi connectivity index (χ1v) is 5.88. The molecule has 1 aromatic heterocycles. The summed E-state index contributed by atoms with van der Waals surface area (Å²) in [5.74, 6) is 1.18. The zero-order valence-corrected chi connectivity index (χ0v) is 10.4. The second-order valence-electron chi connectivity index (χ2n) is 3.47. The van der Waals surface area contributed by atoms with Crippen molar-refractivity contribution in [3.63, 3.8) is 0 Å². The highest BCUT2D eigenvalue weighted by Gasteiger charge is 2.25. The lowest BCUT2D eigenvalue weighted by atomic mass is 9.95. The predicted molar refractivity (Wildman–Crippen MR) is 64.7 cm³/mol. The Morgan fingerprint density at radius 1 is 1.40 bits per heavy atom. The molecule has 0 atom stereocenters. The molecule has 0 unspecified atom stereocenters. The molecule has 0 amide bonds. The highest BCUT2D eigenvalue weighted by Crippen LogP contribution is 2.26. The van der Waals surface area contributed by atoms with Crippen LogP contribution in [0.3, 0.4) is 0 Å². The Labute approximate surface area is 100 Å². The average molecular weight is 248 g/mol. The second-order valence-corrected chi connectivity index (χ2v) is 4.14. The average Bonchev–Trinajstić information content (AvgIpc) is 2.29. The van der Waals surface area contributed by atoms with E-state index in [9.17, 15) is 0 Å². The van der Waals surface area contributed by atoms with Gasteiger partial charge in [-0.3, -0.25) is 0 Å². The standard InChI is InChI=1S/C10H15Cl2N3/c1-3-10(4-2,6-11)15-9-8(12)5-13-7-14-9/h5,7H,3-4,6H2,1-2H3,(H,13,14,15). The predicted octanol–water partition coefficient (Wildman–Crippen LogP) is 3.34. The van der Waals surface area contributed by atoms with E-state index >= 15 is 0 Å². The number of halogens is 2. The molecule has 84 valence electrons. The second kappa shape index (κ2) is 5.52. The summed E-state index contributed by atoms with van der Waals surface area (Å²) in [7, 11) is 0. The first-order chi connectivity index (χ1) is 7.17. The molecule has 1 N–H and O–H groups in total. The molecule has 0 radical (unpaired) electrons. The minimum atomic E-state index is -0.139. The first-order valence-electron chi connectivity index (χ1n) is 4.97. The number of nitrogens with one attached hydrogen (secondary N) is 1. The van der Waals surface area contributed by atoms with Crippen LogP contribution in [-0.2, 0) is 0 Å². The van der Waals surface area contributed by atoms with Crippen molar-refractivity contribution in [1.82, 2.24) is 9.97 Å². The molecule has 0 saturated heterocycles. The summed E-state index contributed by atoms with van der Waals surface area (Å²) in [6.45, 7) is 4.18. The van der Waals surface area contributed by atoms with Gasteiger partial charge in [-0.05, 0) is 12.8 Å². The van der Waals surface area contributed by atoms with Crippen molar-refractivity contribution in [2.24, 2.45) is 0 Å². The highest BCUT2D eigenvalue weighted by molar-refractivity contribution is 6.32. The summed E-state index contributed by atoms with van der Waals surface area (Å²) in [5.41, 5.74) is -0.139. The Bertz CT molecular complexity index is 305. The van der Waals surface area contributed by atoms with Crippen molar-refractivity contribution >= 4 is 29.0 Å². The summed E-state index contributed by atoms with van der Waals surface area (Å²) >= 11 is 11.9. The molecule has 1 aromatic rings. The summed E-state index contributed by atoms with van der Waals surface area (Å²) in [5, 5.41) is 3.82. The minimum Gasteiger partial charge on any atom is -0.362 e. The maximum absolute atomic E-state index is 5.98. The number of anilines is 1. The topological polar surface area (TPSA) is 37.8 Å². The minimum absolute atomic E-state index is 0.139. The fourth-order valence-corrected chi connectivity index (χ4v) is 1.90. The molecule has 0 spiro atoms. The summed E-state index contributed by atoms with van der Waals surface area (Å²) in [6, 6.07) is 0. The molecule has 0 bridgehead atoms. The van der Waals surface area contributed by atoms with Crippen LogP contribution in [-0.4, -0.2) is 21.4 Å². The molecule has 5 heteroatoms. The van der Waals surface area contributed by atoms with Gasteiger partial charge in [-0.25, -0.2) is 9.97 Å². The molecule has 1 heterocycles. The zero-order valence-electron chi connectivity index (χ0n) is 8.93. The molecule has 1 rings (SSSR count). The van der Waals surface area contributed by atoms with Crippen molar-refractivity contribution in [1.29, 1.82) is 0 Å². The molecule has 3 nitrogen and oxygen atoms in total. The van der Waals surface area contributed by atoms with Crippen LogP contribution in [0.25, 0.3) is 0 Å². The van der Waals surface area contributed by atoms with E-state index in [4.69, 9.17) is 23.2 Å². The fourth-order valence-electron chi connectivity index (χ4n) is 1.30. The quantitative estimate of drug-likeness (QED) is 0.812. The van der Waals surface area contributed by atoms with E-state index in [2.05, 4.69) is 29.1 Å². The number of rotatable bonds is 5. The lowest BCUT2D eigenvalue weighted by Crippen LogP contribution is -2.39. The summed E-state index contributed by atoms with van der Waals surface area (Å²) in [6.07, 6.45) is 4.89. The largest absolute Gasteiger partial charge is 0.362 e. The fraction of sp³-hybridized carbons (Fsp3) is 0.600. The number of nitrogens with zero attached hydrogens (tertiary/aromatic N) is 2.